The number of hydrogen-bond donors (Lipinski definition) is 2. The molecule has 2 aromatic carbocycles. The van der Waals surface area contributed by atoms with Crippen molar-refractivity contribution in [2.45, 2.75) is 27.0 Å². The zero-order valence-corrected chi connectivity index (χ0v) is 14.6. The molecule has 5 heteroatoms. The number of ether oxygens (including phenoxy) is 1. The van der Waals surface area contributed by atoms with E-state index in [1.54, 1.807) is 0 Å². The second kappa shape index (κ2) is 9.59. The summed E-state index contributed by atoms with van der Waals surface area (Å²) in [6.45, 7) is 4.56. The highest BCUT2D eigenvalue weighted by molar-refractivity contribution is 5.92. The summed E-state index contributed by atoms with van der Waals surface area (Å²) in [4.78, 5) is 23.4. The van der Waals surface area contributed by atoms with Crippen molar-refractivity contribution in [1.29, 1.82) is 0 Å². The van der Waals surface area contributed by atoms with E-state index in [1.165, 1.54) is 0 Å². The Bertz CT molecular complexity index is 682. The Morgan fingerprint density at radius 3 is 2.28 bits per heavy atom. The van der Waals surface area contributed by atoms with Gasteiger partial charge < -0.3 is 15.4 Å². The van der Waals surface area contributed by atoms with Gasteiger partial charge in [-0.3, -0.25) is 9.59 Å². The summed E-state index contributed by atoms with van der Waals surface area (Å²) in [6, 6.07) is 17.1. The highest BCUT2D eigenvalue weighted by atomic mass is 16.5. The quantitative estimate of drug-likeness (QED) is 0.776. The average molecular weight is 340 g/mol. The van der Waals surface area contributed by atoms with Gasteiger partial charge in [-0.25, -0.2) is 0 Å². The summed E-state index contributed by atoms with van der Waals surface area (Å²) in [7, 11) is 0. The van der Waals surface area contributed by atoms with Gasteiger partial charge in [-0.2, -0.15) is 0 Å². The number of anilines is 1. The maximum Gasteiger partial charge on any atom is 0.246 e. The van der Waals surface area contributed by atoms with E-state index in [1.807, 2.05) is 68.4 Å². The minimum absolute atomic E-state index is 0.0170. The van der Waals surface area contributed by atoms with Gasteiger partial charge in [0, 0.05) is 18.2 Å². The lowest BCUT2D eigenvalue weighted by molar-refractivity contribution is -0.126. The van der Waals surface area contributed by atoms with Crippen LogP contribution in [0.5, 0.6) is 0 Å². The van der Waals surface area contributed by atoms with E-state index in [2.05, 4.69) is 10.6 Å². The summed E-state index contributed by atoms with van der Waals surface area (Å²) in [5, 5.41) is 5.64. The maximum absolute atomic E-state index is 11.8. The van der Waals surface area contributed by atoms with E-state index < -0.39 is 0 Å². The van der Waals surface area contributed by atoms with Crippen LogP contribution in [0, 0.1) is 5.92 Å². The number of rotatable bonds is 8. The van der Waals surface area contributed by atoms with Crippen LogP contribution in [0.15, 0.2) is 54.6 Å². The van der Waals surface area contributed by atoms with Gasteiger partial charge in [0.2, 0.25) is 11.8 Å². The fraction of sp³-hybridized carbons (Fsp3) is 0.300. The molecule has 25 heavy (non-hydrogen) atoms. The van der Waals surface area contributed by atoms with Crippen molar-refractivity contribution in [3.05, 3.63) is 65.7 Å². The van der Waals surface area contributed by atoms with Gasteiger partial charge in [-0.05, 0) is 23.3 Å². The third kappa shape index (κ3) is 6.77. The van der Waals surface area contributed by atoms with Gasteiger partial charge in [0.25, 0.3) is 0 Å². The third-order valence-electron chi connectivity index (χ3n) is 3.58. The molecule has 0 aliphatic heterocycles. The molecule has 0 saturated heterocycles. The van der Waals surface area contributed by atoms with Gasteiger partial charge >= 0.3 is 0 Å². The minimum Gasteiger partial charge on any atom is -0.367 e. The fourth-order valence-electron chi connectivity index (χ4n) is 2.08. The van der Waals surface area contributed by atoms with Crippen LogP contribution < -0.4 is 10.6 Å². The predicted octanol–water partition coefficient (Wildman–Crippen LogP) is 3.11. The summed E-state index contributed by atoms with van der Waals surface area (Å²) in [5.74, 6) is -0.236. The molecule has 2 aromatic rings. The fourth-order valence-corrected chi connectivity index (χ4v) is 2.08. The lowest BCUT2D eigenvalue weighted by Crippen LogP contribution is -2.27. The first-order valence-electron chi connectivity index (χ1n) is 8.33. The van der Waals surface area contributed by atoms with Crippen molar-refractivity contribution in [3.8, 4) is 0 Å². The lowest BCUT2D eigenvalue weighted by atomic mass is 10.1. The molecule has 0 atom stereocenters. The van der Waals surface area contributed by atoms with Crippen LogP contribution in [0.1, 0.15) is 25.0 Å². The largest absolute Gasteiger partial charge is 0.367 e. The highest BCUT2D eigenvalue weighted by Gasteiger charge is 2.07. The highest BCUT2D eigenvalue weighted by Crippen LogP contribution is 2.11. The van der Waals surface area contributed by atoms with Crippen molar-refractivity contribution in [3.63, 3.8) is 0 Å². The number of benzene rings is 2. The molecule has 0 radical (unpaired) electrons. The molecule has 5 nitrogen and oxygen atoms in total. The summed E-state index contributed by atoms with van der Waals surface area (Å²) in [5.41, 5.74) is 2.74. The number of nitrogens with one attached hydrogen (secondary N) is 2. The Hall–Kier alpha value is -2.66. The molecule has 0 heterocycles. The average Bonchev–Trinajstić information content (AvgIpc) is 2.62. The van der Waals surface area contributed by atoms with Crippen LogP contribution >= 0.6 is 0 Å². The first-order chi connectivity index (χ1) is 12.0. The van der Waals surface area contributed by atoms with Crippen LogP contribution in [0.3, 0.4) is 0 Å². The first kappa shape index (κ1) is 18.7. The van der Waals surface area contributed by atoms with Crippen molar-refractivity contribution >= 4 is 17.5 Å². The van der Waals surface area contributed by atoms with Gasteiger partial charge in [-0.15, -0.1) is 0 Å². The molecule has 2 rings (SSSR count). The molecule has 0 fully saturated rings. The molecule has 0 aliphatic carbocycles. The minimum atomic E-state index is -0.159. The molecule has 0 spiro atoms. The molecule has 2 amide bonds. The monoisotopic (exact) mass is 340 g/mol. The zero-order chi connectivity index (χ0) is 18.1. The van der Waals surface area contributed by atoms with Crippen LogP contribution in [0.25, 0.3) is 0 Å². The van der Waals surface area contributed by atoms with Gasteiger partial charge in [0.1, 0.15) is 6.61 Å². The van der Waals surface area contributed by atoms with Gasteiger partial charge in [0.05, 0.1) is 6.61 Å². The van der Waals surface area contributed by atoms with E-state index in [9.17, 15) is 9.59 Å². The number of carbonyl (C=O) groups is 2. The number of hydrogen-bond acceptors (Lipinski definition) is 3. The zero-order valence-electron chi connectivity index (χ0n) is 14.6. The first-order valence-corrected chi connectivity index (χ1v) is 8.33. The smallest absolute Gasteiger partial charge is 0.246 e. The molecule has 0 aliphatic rings. The Kier molecular flexibility index (Phi) is 7.16. The van der Waals surface area contributed by atoms with E-state index in [0.717, 1.165) is 16.8 Å². The Morgan fingerprint density at radius 2 is 1.64 bits per heavy atom. The van der Waals surface area contributed by atoms with Crippen molar-refractivity contribution in [2.24, 2.45) is 5.92 Å². The summed E-state index contributed by atoms with van der Waals surface area (Å²) >= 11 is 0. The van der Waals surface area contributed by atoms with Crippen LogP contribution in [0.4, 0.5) is 5.69 Å². The molecular weight excluding hydrogens is 316 g/mol. The molecule has 0 bridgehead atoms. The second-order valence-corrected chi connectivity index (χ2v) is 6.10. The lowest BCUT2D eigenvalue weighted by Gasteiger charge is -2.09. The molecule has 132 valence electrons. The summed E-state index contributed by atoms with van der Waals surface area (Å²) < 4.78 is 5.40. The van der Waals surface area contributed by atoms with Crippen molar-refractivity contribution < 1.29 is 14.3 Å². The van der Waals surface area contributed by atoms with Gasteiger partial charge in [-0.1, -0.05) is 56.3 Å². The number of amides is 2. The van der Waals surface area contributed by atoms with Crippen LogP contribution in [-0.4, -0.2) is 18.4 Å². The van der Waals surface area contributed by atoms with E-state index in [4.69, 9.17) is 4.74 Å². The standard InChI is InChI=1S/C20H24N2O3/c1-15(2)20(24)22-18-10-8-16(9-11-18)12-21-19(23)14-25-13-17-6-4-3-5-7-17/h3-11,15H,12-14H2,1-2H3,(H,21,23)(H,22,24). The Labute approximate surface area is 148 Å². The molecule has 0 unspecified atom stereocenters. The van der Waals surface area contributed by atoms with Gasteiger partial charge in [0.15, 0.2) is 0 Å². The Morgan fingerprint density at radius 1 is 0.960 bits per heavy atom. The maximum atomic E-state index is 11.8. The second-order valence-electron chi connectivity index (χ2n) is 6.10. The van der Waals surface area contributed by atoms with Crippen molar-refractivity contribution in [1.82, 2.24) is 5.32 Å². The van der Waals surface area contributed by atoms with Crippen LogP contribution in [0.2, 0.25) is 0 Å². The molecule has 2 N–H and O–H groups in total. The normalized spacial score (nSPS) is 10.5. The third-order valence-corrected chi connectivity index (χ3v) is 3.58. The topological polar surface area (TPSA) is 67.4 Å². The molecule has 0 aromatic heterocycles. The number of carbonyl (C=O) groups excluding carboxylic acids is 2. The Balaban J connectivity index is 1.69. The summed E-state index contributed by atoms with van der Waals surface area (Å²) in [6.07, 6.45) is 0. The van der Waals surface area contributed by atoms with E-state index >= 15 is 0 Å². The SMILES string of the molecule is CC(C)C(=O)Nc1ccc(CNC(=O)COCc2ccccc2)cc1. The van der Waals surface area contributed by atoms with Crippen molar-refractivity contribution in [2.75, 3.05) is 11.9 Å². The van der Waals surface area contributed by atoms with Crippen LogP contribution in [-0.2, 0) is 27.5 Å². The molecular formula is C20H24N2O3. The van der Waals surface area contributed by atoms with E-state index in [0.29, 0.717) is 13.2 Å². The van der Waals surface area contributed by atoms with E-state index in [-0.39, 0.29) is 24.3 Å². The predicted molar refractivity (Wildman–Crippen MR) is 97.9 cm³/mol. The molecule has 0 saturated carbocycles.